The van der Waals surface area contributed by atoms with E-state index >= 15 is 0 Å². The van der Waals surface area contributed by atoms with Gasteiger partial charge in [-0.15, -0.1) is 0 Å². The van der Waals surface area contributed by atoms with Crippen molar-refractivity contribution in [3.63, 3.8) is 0 Å². The highest BCUT2D eigenvalue weighted by Crippen LogP contribution is 2.17. The lowest BCUT2D eigenvalue weighted by molar-refractivity contribution is -0.198. The van der Waals surface area contributed by atoms with Crippen LogP contribution in [-0.2, 0) is 37.5 Å². The zero-order valence-electron chi connectivity index (χ0n) is 19.2. The van der Waals surface area contributed by atoms with Gasteiger partial charge < -0.3 is 10.1 Å². The fourth-order valence-electron chi connectivity index (χ4n) is 3.53. The molecular formula is C25H28N4O5S. The molecule has 0 aliphatic carbocycles. The van der Waals surface area contributed by atoms with Gasteiger partial charge in [-0.2, -0.15) is 0 Å². The Bertz CT molecular complexity index is 1230. The van der Waals surface area contributed by atoms with Gasteiger partial charge in [0, 0.05) is 57.0 Å². The zero-order chi connectivity index (χ0) is 24.5. The van der Waals surface area contributed by atoms with Crippen LogP contribution in [-0.4, -0.2) is 36.2 Å². The number of carbonyl (C=O) groups is 1. The van der Waals surface area contributed by atoms with Gasteiger partial charge in [0.1, 0.15) is 0 Å². The molecule has 1 aromatic carbocycles. The van der Waals surface area contributed by atoms with Crippen molar-refractivity contribution < 1.29 is 22.8 Å². The van der Waals surface area contributed by atoms with E-state index in [1.54, 1.807) is 42.7 Å². The lowest BCUT2D eigenvalue weighted by Gasteiger charge is -2.21. The summed E-state index contributed by atoms with van der Waals surface area (Å²) >= 11 is 0. The molecule has 0 spiro atoms. The van der Waals surface area contributed by atoms with Crippen LogP contribution in [0.2, 0.25) is 0 Å². The van der Waals surface area contributed by atoms with Gasteiger partial charge in [0.2, 0.25) is 0 Å². The summed E-state index contributed by atoms with van der Waals surface area (Å²) in [5.41, 5.74) is 4.99. The van der Waals surface area contributed by atoms with Gasteiger partial charge in [-0.3, -0.25) is 9.78 Å². The molecule has 1 saturated heterocycles. The Morgan fingerprint density at radius 1 is 1.09 bits per heavy atom. The second kappa shape index (κ2) is 11.9. The quantitative estimate of drug-likeness (QED) is 0.328. The molecule has 1 aliphatic rings. The van der Waals surface area contributed by atoms with Crippen LogP contribution >= 0.6 is 0 Å². The van der Waals surface area contributed by atoms with Crippen molar-refractivity contribution in [3.05, 3.63) is 90.0 Å². The van der Waals surface area contributed by atoms with Crippen molar-refractivity contribution >= 4 is 22.0 Å². The number of hydroxylamine groups is 1. The molecule has 35 heavy (non-hydrogen) atoms. The van der Waals surface area contributed by atoms with Gasteiger partial charge in [-0.1, -0.05) is 12.1 Å². The van der Waals surface area contributed by atoms with Crippen LogP contribution in [0, 0.1) is 0 Å². The molecule has 1 unspecified atom stereocenters. The number of nitrogens with zero attached hydrogens (tertiary/aromatic N) is 2. The van der Waals surface area contributed by atoms with Gasteiger partial charge in [-0.05, 0) is 65.9 Å². The predicted molar refractivity (Wildman–Crippen MR) is 130 cm³/mol. The molecule has 1 atom stereocenters. The van der Waals surface area contributed by atoms with Gasteiger partial charge in [0.05, 0.1) is 4.90 Å². The van der Waals surface area contributed by atoms with Crippen molar-refractivity contribution in [3.8, 4) is 0 Å². The number of ether oxygens (including phenoxy) is 1. The molecule has 0 radical (unpaired) electrons. The summed E-state index contributed by atoms with van der Waals surface area (Å²) in [4.78, 5) is 21.4. The molecule has 1 fully saturated rings. The van der Waals surface area contributed by atoms with Gasteiger partial charge in [-0.25, -0.2) is 22.7 Å². The fourth-order valence-corrected chi connectivity index (χ4v) is 4.73. The number of hydrogen-bond acceptors (Lipinski definition) is 7. The summed E-state index contributed by atoms with van der Waals surface area (Å²) < 4.78 is 32.5. The van der Waals surface area contributed by atoms with E-state index in [1.807, 2.05) is 12.1 Å². The maximum absolute atomic E-state index is 13.0. The molecule has 9 nitrogen and oxygen atoms in total. The van der Waals surface area contributed by atoms with Crippen molar-refractivity contribution in [2.24, 2.45) is 0 Å². The summed E-state index contributed by atoms with van der Waals surface area (Å²) in [5, 5.41) is 3.32. The Balaban J connectivity index is 1.30. The predicted octanol–water partition coefficient (Wildman–Crippen LogP) is 3.00. The number of aromatic nitrogens is 2. The Labute approximate surface area is 204 Å². The molecule has 1 aliphatic heterocycles. The summed E-state index contributed by atoms with van der Waals surface area (Å²) in [6.07, 6.45) is 11.5. The molecule has 4 rings (SSSR count). The highest BCUT2D eigenvalue weighted by Gasteiger charge is 2.17. The maximum Gasteiger partial charge on any atom is 0.267 e. The normalized spacial score (nSPS) is 16.4. The van der Waals surface area contributed by atoms with E-state index in [0.29, 0.717) is 25.3 Å². The standard InChI is InChI=1S/C25H28N4O5S/c30-24(28-34-25-3-1-2-16-33-25)9-6-22-12-15-29(19-22)35(31,32)23-7-4-20(5-8-23)17-27-18-21-10-13-26-14-11-21/h4-15,19,25,27H,1-3,16-18H2,(H,28,30)/b9-6+. The molecule has 3 heterocycles. The van der Waals surface area contributed by atoms with Gasteiger partial charge >= 0.3 is 0 Å². The third-order valence-corrected chi connectivity index (χ3v) is 7.10. The Morgan fingerprint density at radius 2 is 1.83 bits per heavy atom. The van der Waals surface area contributed by atoms with E-state index in [9.17, 15) is 13.2 Å². The minimum atomic E-state index is -3.75. The molecule has 0 bridgehead atoms. The SMILES string of the molecule is O=C(/C=C/c1ccn(S(=O)(=O)c2ccc(CNCc3ccncc3)cc2)c1)NOC1CCCCO1. The number of rotatable bonds is 10. The van der Waals surface area contributed by atoms with Crippen LogP contribution in [0.25, 0.3) is 6.08 Å². The third kappa shape index (κ3) is 7.09. The van der Waals surface area contributed by atoms with Crippen molar-refractivity contribution in [2.45, 2.75) is 43.5 Å². The topological polar surface area (TPSA) is 112 Å². The second-order valence-electron chi connectivity index (χ2n) is 8.10. The number of carbonyl (C=O) groups excluding carboxylic acids is 1. The molecule has 3 aromatic rings. The van der Waals surface area contributed by atoms with E-state index in [4.69, 9.17) is 9.57 Å². The van der Waals surface area contributed by atoms with E-state index in [-0.39, 0.29) is 4.90 Å². The summed E-state index contributed by atoms with van der Waals surface area (Å²) in [7, 11) is -3.75. The van der Waals surface area contributed by atoms with E-state index in [1.165, 1.54) is 24.5 Å². The number of pyridine rings is 1. The van der Waals surface area contributed by atoms with E-state index in [0.717, 1.165) is 34.4 Å². The highest BCUT2D eigenvalue weighted by molar-refractivity contribution is 7.90. The largest absolute Gasteiger partial charge is 0.350 e. The van der Waals surface area contributed by atoms with Gasteiger partial charge in [0.25, 0.3) is 15.9 Å². The number of nitrogens with one attached hydrogen (secondary N) is 2. The number of hydrogen-bond donors (Lipinski definition) is 2. The maximum atomic E-state index is 13.0. The Kier molecular flexibility index (Phi) is 8.43. The third-order valence-electron chi connectivity index (χ3n) is 5.45. The Morgan fingerprint density at radius 3 is 2.54 bits per heavy atom. The molecule has 2 N–H and O–H groups in total. The summed E-state index contributed by atoms with van der Waals surface area (Å²) in [6, 6.07) is 12.3. The minimum absolute atomic E-state index is 0.181. The fraction of sp³-hybridized carbons (Fsp3) is 0.280. The van der Waals surface area contributed by atoms with Crippen molar-refractivity contribution in [1.82, 2.24) is 19.8 Å². The van der Waals surface area contributed by atoms with Gasteiger partial charge in [0.15, 0.2) is 6.29 Å². The molecule has 0 saturated carbocycles. The number of benzene rings is 1. The first-order valence-corrected chi connectivity index (χ1v) is 12.8. The smallest absolute Gasteiger partial charge is 0.267 e. The molecular weight excluding hydrogens is 468 g/mol. The van der Waals surface area contributed by atoms with E-state index < -0.39 is 22.2 Å². The van der Waals surface area contributed by atoms with Crippen LogP contribution in [0.5, 0.6) is 0 Å². The number of amides is 1. The van der Waals surface area contributed by atoms with Crippen LogP contribution < -0.4 is 10.8 Å². The monoisotopic (exact) mass is 496 g/mol. The first kappa shape index (κ1) is 24.8. The lowest BCUT2D eigenvalue weighted by atomic mass is 10.2. The summed E-state index contributed by atoms with van der Waals surface area (Å²) in [6.45, 7) is 1.92. The molecule has 184 valence electrons. The molecule has 2 aromatic heterocycles. The van der Waals surface area contributed by atoms with Crippen LogP contribution in [0.15, 0.2) is 78.2 Å². The molecule has 10 heteroatoms. The zero-order valence-corrected chi connectivity index (χ0v) is 20.0. The summed E-state index contributed by atoms with van der Waals surface area (Å²) in [5.74, 6) is -0.456. The van der Waals surface area contributed by atoms with Crippen LogP contribution in [0.3, 0.4) is 0 Å². The first-order valence-electron chi connectivity index (χ1n) is 11.4. The van der Waals surface area contributed by atoms with Crippen LogP contribution in [0.1, 0.15) is 36.0 Å². The van der Waals surface area contributed by atoms with Crippen molar-refractivity contribution in [2.75, 3.05) is 6.61 Å². The highest BCUT2D eigenvalue weighted by atomic mass is 32.2. The average molecular weight is 497 g/mol. The molecule has 1 amide bonds. The van der Waals surface area contributed by atoms with Crippen molar-refractivity contribution in [1.29, 1.82) is 0 Å². The average Bonchev–Trinajstić information content (AvgIpc) is 3.38. The van der Waals surface area contributed by atoms with Crippen LogP contribution in [0.4, 0.5) is 0 Å². The van der Waals surface area contributed by atoms with E-state index in [2.05, 4.69) is 15.8 Å². The lowest BCUT2D eigenvalue weighted by Crippen LogP contribution is -2.32. The minimum Gasteiger partial charge on any atom is -0.350 e. The first-order chi connectivity index (χ1) is 17.0. The Hall–Kier alpha value is -3.31. The second-order valence-corrected chi connectivity index (χ2v) is 9.94.